The van der Waals surface area contributed by atoms with Crippen molar-refractivity contribution < 1.29 is 14.3 Å². The van der Waals surface area contributed by atoms with Gasteiger partial charge in [-0.25, -0.2) is 4.79 Å². The van der Waals surface area contributed by atoms with Gasteiger partial charge in [-0.3, -0.25) is 4.79 Å². The van der Waals surface area contributed by atoms with E-state index in [4.69, 9.17) is 4.74 Å². The van der Waals surface area contributed by atoms with E-state index in [-0.39, 0.29) is 17.4 Å². The van der Waals surface area contributed by atoms with Gasteiger partial charge in [-0.2, -0.15) is 0 Å². The molecule has 0 aromatic carbocycles. The molecule has 1 spiro atoms. The molecule has 0 N–H and O–H groups in total. The molecule has 2 aliphatic heterocycles. The van der Waals surface area contributed by atoms with Gasteiger partial charge >= 0.3 is 6.09 Å². The number of amides is 2. The minimum absolute atomic E-state index is 0.224. The van der Waals surface area contributed by atoms with Gasteiger partial charge in [0.05, 0.1) is 6.61 Å². The molecule has 0 aromatic rings. The number of nitrogens with zero attached hydrogens (tertiary/aromatic N) is 3. The Kier molecular flexibility index (Phi) is 5.95. The number of ether oxygens (including phenoxy) is 1. The van der Waals surface area contributed by atoms with E-state index < -0.39 is 0 Å². The van der Waals surface area contributed by atoms with Crippen LogP contribution in [0.3, 0.4) is 0 Å². The molecule has 6 heteroatoms. The van der Waals surface area contributed by atoms with Gasteiger partial charge in [-0.05, 0) is 69.9 Å². The first-order valence-electron chi connectivity index (χ1n) is 11.2. The molecule has 2 amide bonds. The zero-order valence-electron chi connectivity index (χ0n) is 17.3. The number of allylic oxidation sites excluding steroid dienone is 2. The first-order chi connectivity index (χ1) is 13.6. The summed E-state index contributed by atoms with van der Waals surface area (Å²) in [7, 11) is 0. The number of likely N-dealkylation sites (tertiary alicyclic amines) is 1. The molecule has 2 saturated heterocycles. The summed E-state index contributed by atoms with van der Waals surface area (Å²) in [6.07, 6.45) is 11.6. The lowest BCUT2D eigenvalue weighted by Crippen LogP contribution is -2.51. The quantitative estimate of drug-likeness (QED) is 0.694. The molecule has 0 unspecified atom stereocenters. The van der Waals surface area contributed by atoms with Crippen molar-refractivity contribution in [3.8, 4) is 0 Å². The van der Waals surface area contributed by atoms with Crippen LogP contribution < -0.4 is 0 Å². The van der Waals surface area contributed by atoms with Crippen molar-refractivity contribution in [3.05, 3.63) is 12.2 Å². The zero-order valence-corrected chi connectivity index (χ0v) is 17.3. The molecule has 2 aliphatic carbocycles. The molecule has 3 fully saturated rings. The average molecular weight is 390 g/mol. The van der Waals surface area contributed by atoms with Crippen molar-refractivity contribution in [1.82, 2.24) is 14.7 Å². The van der Waals surface area contributed by atoms with E-state index in [0.29, 0.717) is 38.7 Å². The highest BCUT2D eigenvalue weighted by molar-refractivity contribution is 5.83. The maximum atomic E-state index is 13.0. The molecule has 6 nitrogen and oxygen atoms in total. The summed E-state index contributed by atoms with van der Waals surface area (Å²) in [6.45, 7) is 8.23. The summed E-state index contributed by atoms with van der Waals surface area (Å²) < 4.78 is 5.07. The SMILES string of the molecule is CCOC(=O)N1CCN(C(=O)[C@H]2CC23CCN(C[C@H]2CC=CCC2)CC3)CC1. The fourth-order valence-corrected chi connectivity index (χ4v) is 5.36. The number of carbonyl (C=O) groups is 2. The van der Waals surface area contributed by atoms with Gasteiger partial charge in [0, 0.05) is 38.6 Å². The van der Waals surface area contributed by atoms with Crippen molar-refractivity contribution >= 4 is 12.0 Å². The summed E-state index contributed by atoms with van der Waals surface area (Å²) in [5.74, 6) is 1.38. The molecular formula is C22H35N3O3. The first kappa shape index (κ1) is 19.7. The lowest BCUT2D eigenvalue weighted by Gasteiger charge is -2.37. The van der Waals surface area contributed by atoms with Gasteiger partial charge in [0.2, 0.25) is 5.91 Å². The Morgan fingerprint density at radius 3 is 2.39 bits per heavy atom. The maximum Gasteiger partial charge on any atom is 0.409 e. The Labute approximate surface area is 168 Å². The van der Waals surface area contributed by atoms with Crippen molar-refractivity contribution in [3.63, 3.8) is 0 Å². The second-order valence-corrected chi connectivity index (χ2v) is 9.08. The van der Waals surface area contributed by atoms with Crippen LogP contribution in [0.4, 0.5) is 4.79 Å². The number of hydrogen-bond donors (Lipinski definition) is 0. The zero-order chi connectivity index (χ0) is 19.6. The van der Waals surface area contributed by atoms with E-state index >= 15 is 0 Å². The number of rotatable bonds is 4. The number of carbonyl (C=O) groups excluding carboxylic acids is 2. The van der Waals surface area contributed by atoms with Crippen LogP contribution in [0.5, 0.6) is 0 Å². The standard InChI is InChI=1S/C22H35N3O3/c1-2-28-21(27)25-14-12-24(13-15-25)20(26)19-16-22(19)8-10-23(11-9-22)17-18-6-4-3-5-7-18/h3-4,18-19H,2,5-17H2,1H3/t18-,19+/m0/s1. The molecule has 0 radical (unpaired) electrons. The van der Waals surface area contributed by atoms with Crippen LogP contribution in [0.25, 0.3) is 0 Å². The lowest BCUT2D eigenvalue weighted by atomic mass is 9.88. The molecular weight excluding hydrogens is 354 g/mol. The Hall–Kier alpha value is -1.56. The van der Waals surface area contributed by atoms with Crippen LogP contribution in [0, 0.1) is 17.3 Å². The van der Waals surface area contributed by atoms with Gasteiger partial charge in [0.15, 0.2) is 0 Å². The molecule has 4 aliphatic rings. The predicted molar refractivity (Wildman–Crippen MR) is 108 cm³/mol. The minimum atomic E-state index is -0.252. The molecule has 4 rings (SSSR count). The summed E-state index contributed by atoms with van der Waals surface area (Å²) in [6, 6.07) is 0. The number of hydrogen-bond acceptors (Lipinski definition) is 4. The van der Waals surface area contributed by atoms with Crippen molar-refractivity contribution in [2.75, 3.05) is 52.4 Å². The molecule has 0 bridgehead atoms. The molecule has 2 atom stereocenters. The third kappa shape index (κ3) is 4.22. The Bertz CT molecular complexity index is 604. The molecule has 156 valence electrons. The third-order valence-electron chi connectivity index (χ3n) is 7.35. The average Bonchev–Trinajstić information content (AvgIpc) is 3.44. The van der Waals surface area contributed by atoms with Crippen molar-refractivity contribution in [2.24, 2.45) is 17.3 Å². The lowest BCUT2D eigenvalue weighted by molar-refractivity contribution is -0.135. The summed E-state index contributed by atoms with van der Waals surface area (Å²) >= 11 is 0. The molecule has 0 aromatic heterocycles. The predicted octanol–water partition coefficient (Wildman–Crippen LogP) is 2.75. The van der Waals surface area contributed by atoms with Crippen LogP contribution in [0.1, 0.15) is 45.4 Å². The van der Waals surface area contributed by atoms with Crippen LogP contribution in [0.2, 0.25) is 0 Å². The van der Waals surface area contributed by atoms with Gasteiger partial charge in [0.1, 0.15) is 0 Å². The first-order valence-corrected chi connectivity index (χ1v) is 11.2. The molecule has 2 heterocycles. The maximum absolute atomic E-state index is 13.0. The Morgan fingerprint density at radius 2 is 1.75 bits per heavy atom. The van der Waals surface area contributed by atoms with Gasteiger partial charge < -0.3 is 19.4 Å². The van der Waals surface area contributed by atoms with Crippen LogP contribution in [0.15, 0.2) is 12.2 Å². The largest absolute Gasteiger partial charge is 0.450 e. The van der Waals surface area contributed by atoms with E-state index in [1.165, 1.54) is 38.6 Å². The summed E-state index contributed by atoms with van der Waals surface area (Å²) in [5, 5.41) is 0. The highest BCUT2D eigenvalue weighted by Gasteiger charge is 2.59. The summed E-state index contributed by atoms with van der Waals surface area (Å²) in [5.41, 5.74) is 0.276. The van der Waals surface area contributed by atoms with E-state index in [1.54, 1.807) is 4.90 Å². The van der Waals surface area contributed by atoms with E-state index in [2.05, 4.69) is 17.1 Å². The fraction of sp³-hybridized carbons (Fsp3) is 0.818. The second kappa shape index (κ2) is 8.44. The number of piperidine rings is 1. The van der Waals surface area contributed by atoms with Gasteiger partial charge in [0.25, 0.3) is 0 Å². The highest BCUT2D eigenvalue weighted by atomic mass is 16.6. The summed E-state index contributed by atoms with van der Waals surface area (Å²) in [4.78, 5) is 31.2. The van der Waals surface area contributed by atoms with Crippen molar-refractivity contribution in [2.45, 2.75) is 45.4 Å². The van der Waals surface area contributed by atoms with Crippen molar-refractivity contribution in [1.29, 1.82) is 0 Å². The van der Waals surface area contributed by atoms with E-state index in [9.17, 15) is 9.59 Å². The monoisotopic (exact) mass is 389 g/mol. The Balaban J connectivity index is 1.21. The second-order valence-electron chi connectivity index (χ2n) is 9.08. The normalized spacial score (nSPS) is 29.8. The molecule has 1 saturated carbocycles. The van der Waals surface area contributed by atoms with E-state index in [0.717, 1.165) is 25.4 Å². The van der Waals surface area contributed by atoms with Crippen LogP contribution in [-0.4, -0.2) is 79.1 Å². The van der Waals surface area contributed by atoms with Crippen LogP contribution in [-0.2, 0) is 9.53 Å². The Morgan fingerprint density at radius 1 is 1.04 bits per heavy atom. The molecule has 28 heavy (non-hydrogen) atoms. The smallest absolute Gasteiger partial charge is 0.409 e. The number of piperazine rings is 1. The topological polar surface area (TPSA) is 53.1 Å². The van der Waals surface area contributed by atoms with E-state index in [1.807, 2.05) is 11.8 Å². The minimum Gasteiger partial charge on any atom is -0.450 e. The third-order valence-corrected chi connectivity index (χ3v) is 7.35. The fourth-order valence-electron chi connectivity index (χ4n) is 5.36. The van der Waals surface area contributed by atoms with Crippen LogP contribution >= 0.6 is 0 Å². The highest BCUT2D eigenvalue weighted by Crippen LogP contribution is 2.60. The van der Waals surface area contributed by atoms with Gasteiger partial charge in [-0.1, -0.05) is 12.2 Å². The van der Waals surface area contributed by atoms with Gasteiger partial charge in [-0.15, -0.1) is 0 Å².